The number of halogens is 4. The Morgan fingerprint density at radius 3 is 2.24 bits per heavy atom. The van der Waals surface area contributed by atoms with Gasteiger partial charge in [-0.3, -0.25) is 0 Å². The molecule has 8 heteroatoms. The van der Waals surface area contributed by atoms with Crippen LogP contribution in [0.5, 0.6) is 0 Å². The summed E-state index contributed by atoms with van der Waals surface area (Å²) in [5.74, 6) is 0. The van der Waals surface area contributed by atoms with E-state index in [0.29, 0.717) is 10.6 Å². The van der Waals surface area contributed by atoms with Crippen LogP contribution in [0.15, 0.2) is 78.9 Å². The molecule has 2 atom stereocenters. The van der Waals surface area contributed by atoms with Crippen molar-refractivity contribution in [2.75, 3.05) is 13.1 Å². The van der Waals surface area contributed by atoms with Gasteiger partial charge in [0.2, 0.25) is 0 Å². The zero-order valence-electron chi connectivity index (χ0n) is 18.4. The Bertz CT molecular complexity index is 1120. The van der Waals surface area contributed by atoms with Gasteiger partial charge in [-0.05, 0) is 41.8 Å². The van der Waals surface area contributed by atoms with Gasteiger partial charge in [-0.25, -0.2) is 4.79 Å². The Hall–Kier alpha value is -3.03. The van der Waals surface area contributed by atoms with E-state index in [0.717, 1.165) is 11.6 Å². The van der Waals surface area contributed by atoms with E-state index < -0.39 is 23.9 Å². The van der Waals surface area contributed by atoms with Crippen molar-refractivity contribution in [3.8, 4) is 0 Å². The predicted octanol–water partition coefficient (Wildman–Crippen LogP) is 6.62. The molecule has 0 radical (unpaired) electrons. The molecule has 0 saturated carbocycles. The molecule has 0 spiro atoms. The molecule has 34 heavy (non-hydrogen) atoms. The van der Waals surface area contributed by atoms with Crippen LogP contribution in [0.4, 0.5) is 18.0 Å². The summed E-state index contributed by atoms with van der Waals surface area (Å²) in [5, 5.41) is 3.42. The van der Waals surface area contributed by atoms with E-state index in [9.17, 15) is 18.0 Å². The lowest BCUT2D eigenvalue weighted by Crippen LogP contribution is -2.58. The number of urea groups is 1. The molecule has 1 unspecified atom stereocenters. The summed E-state index contributed by atoms with van der Waals surface area (Å²) in [4.78, 5) is 14.2. The number of nitrogens with one attached hydrogen (secondary N) is 1. The molecule has 1 N–H and O–H groups in total. The first kappa shape index (κ1) is 24.1. The molecule has 0 bridgehead atoms. The standard InChI is InChI=1S/C26H24ClF3N2O2/c1-17(18-7-3-2-4-8-18)31-25(33)32-15-21(16-32)34-24(19-11-13-20(27)14-12-19)22-9-5-6-10-23(22)26(28,29)30/h2-14,17,21,24H,15-16H2,1H3,(H,31,33)/t17?,24-/m0/s1. The molecule has 3 aromatic rings. The summed E-state index contributed by atoms with van der Waals surface area (Å²) in [5.41, 5.74) is 0.816. The van der Waals surface area contributed by atoms with Crippen LogP contribution < -0.4 is 5.32 Å². The van der Waals surface area contributed by atoms with E-state index >= 15 is 0 Å². The minimum atomic E-state index is -4.52. The second kappa shape index (κ2) is 10.1. The van der Waals surface area contributed by atoms with Crippen molar-refractivity contribution in [3.63, 3.8) is 0 Å². The van der Waals surface area contributed by atoms with Crippen LogP contribution in [-0.4, -0.2) is 30.1 Å². The second-order valence-corrected chi connectivity index (χ2v) is 8.70. The van der Waals surface area contributed by atoms with E-state index in [2.05, 4.69) is 5.32 Å². The number of rotatable bonds is 6. The smallest absolute Gasteiger partial charge is 0.362 e. The Morgan fingerprint density at radius 1 is 0.971 bits per heavy atom. The lowest BCUT2D eigenvalue weighted by molar-refractivity contribution is -0.140. The molecule has 4 rings (SSSR count). The van der Waals surface area contributed by atoms with Crippen molar-refractivity contribution in [2.24, 2.45) is 0 Å². The van der Waals surface area contributed by atoms with Crippen LogP contribution >= 0.6 is 11.6 Å². The monoisotopic (exact) mass is 488 g/mol. The molecule has 4 nitrogen and oxygen atoms in total. The maximum absolute atomic E-state index is 13.7. The molecule has 178 valence electrons. The number of benzene rings is 3. The van der Waals surface area contributed by atoms with Crippen LogP contribution in [0.3, 0.4) is 0 Å². The highest BCUT2D eigenvalue weighted by Crippen LogP contribution is 2.39. The third kappa shape index (κ3) is 5.54. The molecular weight excluding hydrogens is 465 g/mol. The van der Waals surface area contributed by atoms with Gasteiger partial charge in [0.15, 0.2) is 0 Å². The number of hydrogen-bond donors (Lipinski definition) is 1. The number of amides is 2. The highest BCUT2D eigenvalue weighted by molar-refractivity contribution is 6.30. The third-order valence-electron chi connectivity index (χ3n) is 5.82. The van der Waals surface area contributed by atoms with Gasteiger partial charge in [-0.2, -0.15) is 13.2 Å². The molecule has 0 aromatic heterocycles. The first-order chi connectivity index (χ1) is 16.2. The van der Waals surface area contributed by atoms with Gasteiger partial charge >= 0.3 is 12.2 Å². The number of carbonyl (C=O) groups is 1. The minimum Gasteiger partial charge on any atom is -0.362 e. The topological polar surface area (TPSA) is 41.6 Å². The van der Waals surface area contributed by atoms with Crippen LogP contribution in [0.2, 0.25) is 5.02 Å². The summed E-state index contributed by atoms with van der Waals surface area (Å²) in [6.07, 6.45) is -5.88. The Labute approximate surface area is 201 Å². The molecule has 3 aromatic carbocycles. The van der Waals surface area contributed by atoms with Gasteiger partial charge < -0.3 is 15.0 Å². The van der Waals surface area contributed by atoms with Crippen molar-refractivity contribution >= 4 is 17.6 Å². The quantitative estimate of drug-likeness (QED) is 0.423. The van der Waals surface area contributed by atoms with Crippen LogP contribution in [0.25, 0.3) is 0 Å². The molecule has 1 aliphatic rings. The second-order valence-electron chi connectivity index (χ2n) is 8.26. The minimum absolute atomic E-state index is 0.0259. The lowest BCUT2D eigenvalue weighted by Gasteiger charge is -2.41. The van der Waals surface area contributed by atoms with Crippen molar-refractivity contribution < 1.29 is 22.7 Å². The molecule has 1 fully saturated rings. The van der Waals surface area contributed by atoms with Crippen molar-refractivity contribution in [2.45, 2.75) is 31.3 Å². The first-order valence-corrected chi connectivity index (χ1v) is 11.3. The number of nitrogens with zero attached hydrogens (tertiary/aromatic N) is 1. The lowest BCUT2D eigenvalue weighted by atomic mass is 9.95. The van der Waals surface area contributed by atoms with Crippen molar-refractivity contribution in [1.29, 1.82) is 0 Å². The van der Waals surface area contributed by atoms with Gasteiger partial charge in [0.25, 0.3) is 0 Å². The predicted molar refractivity (Wildman–Crippen MR) is 125 cm³/mol. The Morgan fingerprint density at radius 2 is 1.59 bits per heavy atom. The van der Waals surface area contributed by atoms with Gasteiger partial charge in [0.1, 0.15) is 6.10 Å². The Balaban J connectivity index is 1.47. The highest BCUT2D eigenvalue weighted by Gasteiger charge is 2.39. The summed E-state index contributed by atoms with van der Waals surface area (Å²) in [6, 6.07) is 21.1. The van der Waals surface area contributed by atoms with Crippen molar-refractivity contribution in [3.05, 3.63) is 106 Å². The molecule has 1 saturated heterocycles. The van der Waals surface area contributed by atoms with Gasteiger partial charge in [0.05, 0.1) is 30.8 Å². The van der Waals surface area contributed by atoms with E-state index in [1.807, 2.05) is 37.3 Å². The average Bonchev–Trinajstić information content (AvgIpc) is 2.79. The third-order valence-corrected chi connectivity index (χ3v) is 6.08. The normalized spacial score (nSPS) is 16.0. The fraction of sp³-hybridized carbons (Fsp3) is 0.269. The van der Waals surface area contributed by atoms with Crippen molar-refractivity contribution in [1.82, 2.24) is 10.2 Å². The van der Waals surface area contributed by atoms with Gasteiger partial charge in [-0.1, -0.05) is 72.3 Å². The van der Waals surface area contributed by atoms with Crippen LogP contribution in [-0.2, 0) is 10.9 Å². The number of likely N-dealkylation sites (tertiary alicyclic amines) is 1. The summed E-state index contributed by atoms with van der Waals surface area (Å²) in [6.45, 7) is 2.46. The van der Waals surface area contributed by atoms with E-state index in [1.54, 1.807) is 35.2 Å². The summed E-state index contributed by atoms with van der Waals surface area (Å²) in [7, 11) is 0. The maximum Gasteiger partial charge on any atom is 0.416 e. The van der Waals surface area contributed by atoms with Crippen LogP contribution in [0.1, 0.15) is 41.3 Å². The SMILES string of the molecule is CC(NC(=O)N1CC(O[C@@H](c2ccc(Cl)cc2)c2ccccc2C(F)(F)F)C1)c1ccccc1. The van der Waals surface area contributed by atoms with Gasteiger partial charge in [0, 0.05) is 5.02 Å². The average molecular weight is 489 g/mol. The summed E-state index contributed by atoms with van der Waals surface area (Å²) >= 11 is 5.98. The molecule has 0 aliphatic carbocycles. The van der Waals surface area contributed by atoms with Gasteiger partial charge in [-0.15, -0.1) is 0 Å². The molecule has 1 aliphatic heterocycles. The first-order valence-electron chi connectivity index (χ1n) is 10.9. The number of ether oxygens (including phenoxy) is 1. The molecule has 2 amide bonds. The Kier molecular flexibility index (Phi) is 7.14. The van der Waals surface area contributed by atoms with E-state index in [1.165, 1.54) is 12.1 Å². The van der Waals surface area contributed by atoms with E-state index in [4.69, 9.17) is 16.3 Å². The largest absolute Gasteiger partial charge is 0.416 e. The van der Waals surface area contributed by atoms with Crippen LogP contribution in [0, 0.1) is 0 Å². The fourth-order valence-corrected chi connectivity index (χ4v) is 4.06. The summed E-state index contributed by atoms with van der Waals surface area (Å²) < 4.78 is 47.3. The zero-order chi connectivity index (χ0) is 24.3. The van der Waals surface area contributed by atoms with E-state index in [-0.39, 0.29) is 30.7 Å². The fourth-order valence-electron chi connectivity index (χ4n) is 3.94. The molecule has 1 heterocycles. The zero-order valence-corrected chi connectivity index (χ0v) is 19.2. The molecular formula is C26H24ClF3N2O2. The number of carbonyl (C=O) groups excluding carboxylic acids is 1. The number of hydrogen-bond acceptors (Lipinski definition) is 2. The number of alkyl halides is 3. The highest BCUT2D eigenvalue weighted by atomic mass is 35.5. The maximum atomic E-state index is 13.7.